The van der Waals surface area contributed by atoms with Crippen LogP contribution in [0.15, 0.2) is 18.5 Å². The SMILES string of the molecule is CN(C)C(=O)c1cnccc1C(F)(F)F. The zero-order valence-corrected chi connectivity index (χ0v) is 8.17. The van der Waals surface area contributed by atoms with Crippen LogP contribution in [0.4, 0.5) is 13.2 Å². The second-order valence-electron chi connectivity index (χ2n) is 3.12. The summed E-state index contributed by atoms with van der Waals surface area (Å²) < 4.78 is 37.4. The summed E-state index contributed by atoms with van der Waals surface area (Å²) in [6, 6.07) is 0.788. The fraction of sp³-hybridized carbons (Fsp3) is 0.333. The van der Waals surface area contributed by atoms with Crippen LogP contribution in [0.3, 0.4) is 0 Å². The smallest absolute Gasteiger partial charge is 0.345 e. The summed E-state index contributed by atoms with van der Waals surface area (Å²) in [5.74, 6) is -0.713. The van der Waals surface area contributed by atoms with Gasteiger partial charge in [-0.25, -0.2) is 0 Å². The summed E-state index contributed by atoms with van der Waals surface area (Å²) >= 11 is 0. The molecule has 82 valence electrons. The lowest BCUT2D eigenvalue weighted by Gasteiger charge is -2.14. The lowest BCUT2D eigenvalue weighted by atomic mass is 10.1. The molecule has 0 atom stereocenters. The quantitative estimate of drug-likeness (QED) is 0.720. The molecule has 1 aromatic rings. The van der Waals surface area contributed by atoms with E-state index in [-0.39, 0.29) is 0 Å². The fourth-order valence-electron chi connectivity index (χ4n) is 1.05. The topological polar surface area (TPSA) is 33.2 Å². The molecule has 0 N–H and O–H groups in total. The van der Waals surface area contributed by atoms with Gasteiger partial charge in [-0.15, -0.1) is 0 Å². The molecule has 6 heteroatoms. The van der Waals surface area contributed by atoms with Gasteiger partial charge in [0.15, 0.2) is 0 Å². The Hall–Kier alpha value is -1.59. The van der Waals surface area contributed by atoms with Crippen molar-refractivity contribution in [3.8, 4) is 0 Å². The van der Waals surface area contributed by atoms with Crippen LogP contribution in [0.2, 0.25) is 0 Å². The third-order valence-electron chi connectivity index (χ3n) is 1.76. The molecular weight excluding hydrogens is 209 g/mol. The minimum atomic E-state index is -4.54. The van der Waals surface area contributed by atoms with Gasteiger partial charge in [0, 0.05) is 26.5 Å². The Kier molecular flexibility index (Phi) is 2.97. The minimum Gasteiger partial charge on any atom is -0.345 e. The van der Waals surface area contributed by atoms with Gasteiger partial charge in [0.05, 0.1) is 11.1 Å². The molecule has 1 rings (SSSR count). The molecule has 0 aliphatic carbocycles. The van der Waals surface area contributed by atoms with Crippen molar-refractivity contribution < 1.29 is 18.0 Å². The van der Waals surface area contributed by atoms with Crippen molar-refractivity contribution in [2.24, 2.45) is 0 Å². The van der Waals surface area contributed by atoms with E-state index in [1.165, 1.54) is 14.1 Å². The Balaban J connectivity index is 3.25. The number of aromatic nitrogens is 1. The Morgan fingerprint density at radius 1 is 1.40 bits per heavy atom. The van der Waals surface area contributed by atoms with Gasteiger partial charge < -0.3 is 4.90 Å². The number of halogens is 3. The van der Waals surface area contributed by atoms with Gasteiger partial charge in [0.25, 0.3) is 5.91 Å². The van der Waals surface area contributed by atoms with Crippen LogP contribution in [0.5, 0.6) is 0 Å². The number of carbonyl (C=O) groups is 1. The Labute approximate surface area is 84.5 Å². The van der Waals surface area contributed by atoms with E-state index < -0.39 is 23.2 Å². The molecule has 0 bridgehead atoms. The summed E-state index contributed by atoms with van der Waals surface area (Å²) in [6.07, 6.45) is -2.61. The van der Waals surface area contributed by atoms with Crippen LogP contribution in [-0.4, -0.2) is 29.9 Å². The van der Waals surface area contributed by atoms with Gasteiger partial charge in [-0.05, 0) is 6.07 Å². The number of rotatable bonds is 1. The molecule has 0 aliphatic rings. The highest BCUT2D eigenvalue weighted by molar-refractivity contribution is 5.95. The van der Waals surface area contributed by atoms with Crippen molar-refractivity contribution >= 4 is 5.91 Å². The van der Waals surface area contributed by atoms with E-state index in [1.54, 1.807) is 0 Å². The van der Waals surface area contributed by atoms with Crippen molar-refractivity contribution in [2.45, 2.75) is 6.18 Å². The zero-order chi connectivity index (χ0) is 11.6. The van der Waals surface area contributed by atoms with E-state index in [1.807, 2.05) is 0 Å². The highest BCUT2D eigenvalue weighted by Crippen LogP contribution is 2.31. The monoisotopic (exact) mass is 218 g/mol. The van der Waals surface area contributed by atoms with Gasteiger partial charge >= 0.3 is 6.18 Å². The molecule has 15 heavy (non-hydrogen) atoms. The highest BCUT2D eigenvalue weighted by Gasteiger charge is 2.35. The zero-order valence-electron chi connectivity index (χ0n) is 8.17. The Morgan fingerprint density at radius 3 is 2.47 bits per heavy atom. The summed E-state index contributed by atoms with van der Waals surface area (Å²) in [7, 11) is 2.77. The van der Waals surface area contributed by atoms with E-state index >= 15 is 0 Å². The van der Waals surface area contributed by atoms with E-state index in [0.717, 1.165) is 23.4 Å². The van der Waals surface area contributed by atoms with Crippen LogP contribution in [0, 0.1) is 0 Å². The second-order valence-corrected chi connectivity index (χ2v) is 3.12. The number of carbonyl (C=O) groups excluding carboxylic acids is 1. The molecule has 3 nitrogen and oxygen atoms in total. The number of pyridine rings is 1. The molecular formula is C9H9F3N2O. The molecule has 0 spiro atoms. The number of hydrogen-bond acceptors (Lipinski definition) is 2. The predicted octanol–water partition coefficient (Wildman–Crippen LogP) is 1.80. The number of nitrogens with zero attached hydrogens (tertiary/aromatic N) is 2. The lowest BCUT2D eigenvalue weighted by Crippen LogP contribution is -2.25. The normalized spacial score (nSPS) is 11.3. The summed E-state index contributed by atoms with van der Waals surface area (Å²) in [5, 5.41) is 0. The van der Waals surface area contributed by atoms with Crippen molar-refractivity contribution in [3.05, 3.63) is 29.6 Å². The first kappa shape index (κ1) is 11.5. The summed E-state index contributed by atoms with van der Waals surface area (Å²) in [6.45, 7) is 0. The predicted molar refractivity (Wildman–Crippen MR) is 47.3 cm³/mol. The lowest BCUT2D eigenvalue weighted by molar-refractivity contribution is -0.138. The van der Waals surface area contributed by atoms with Crippen LogP contribution >= 0.6 is 0 Å². The van der Waals surface area contributed by atoms with Gasteiger partial charge in [-0.2, -0.15) is 13.2 Å². The van der Waals surface area contributed by atoms with Crippen molar-refractivity contribution in [3.63, 3.8) is 0 Å². The Morgan fingerprint density at radius 2 is 2.00 bits per heavy atom. The summed E-state index contributed by atoms with van der Waals surface area (Å²) in [5.41, 5.74) is -1.40. The first-order valence-corrected chi connectivity index (χ1v) is 4.07. The molecule has 0 saturated heterocycles. The average Bonchev–Trinajstić information content (AvgIpc) is 2.15. The van der Waals surface area contributed by atoms with E-state index in [2.05, 4.69) is 4.98 Å². The summed E-state index contributed by atoms with van der Waals surface area (Å²) in [4.78, 5) is 16.0. The fourth-order valence-corrected chi connectivity index (χ4v) is 1.05. The Bertz CT molecular complexity index is 374. The number of hydrogen-bond donors (Lipinski definition) is 0. The van der Waals surface area contributed by atoms with Crippen LogP contribution in [0.25, 0.3) is 0 Å². The first-order chi connectivity index (χ1) is 6.84. The van der Waals surface area contributed by atoms with E-state index in [4.69, 9.17) is 0 Å². The van der Waals surface area contributed by atoms with Crippen LogP contribution in [0.1, 0.15) is 15.9 Å². The van der Waals surface area contributed by atoms with Crippen LogP contribution < -0.4 is 0 Å². The number of alkyl halides is 3. The van der Waals surface area contributed by atoms with E-state index in [9.17, 15) is 18.0 Å². The molecule has 1 amide bonds. The molecule has 1 aromatic heterocycles. The molecule has 0 saturated carbocycles. The van der Waals surface area contributed by atoms with Crippen molar-refractivity contribution in [2.75, 3.05) is 14.1 Å². The molecule has 1 heterocycles. The second kappa shape index (κ2) is 3.88. The van der Waals surface area contributed by atoms with Gasteiger partial charge in [0.1, 0.15) is 0 Å². The third kappa shape index (κ3) is 2.45. The maximum atomic E-state index is 12.5. The molecule has 0 aliphatic heterocycles. The van der Waals surface area contributed by atoms with Crippen LogP contribution in [-0.2, 0) is 6.18 Å². The van der Waals surface area contributed by atoms with Gasteiger partial charge in [-0.3, -0.25) is 9.78 Å². The standard InChI is InChI=1S/C9H9F3N2O/c1-14(2)8(15)6-5-13-4-3-7(6)9(10,11)12/h3-5H,1-2H3. The molecule has 0 fully saturated rings. The largest absolute Gasteiger partial charge is 0.417 e. The van der Waals surface area contributed by atoms with E-state index in [0.29, 0.717) is 0 Å². The molecule has 0 unspecified atom stereocenters. The van der Waals surface area contributed by atoms with Gasteiger partial charge in [-0.1, -0.05) is 0 Å². The minimum absolute atomic E-state index is 0.435. The first-order valence-electron chi connectivity index (χ1n) is 4.07. The van der Waals surface area contributed by atoms with Crippen molar-refractivity contribution in [1.82, 2.24) is 9.88 Å². The average molecular weight is 218 g/mol. The van der Waals surface area contributed by atoms with Crippen molar-refractivity contribution in [1.29, 1.82) is 0 Å². The molecule has 0 radical (unpaired) electrons. The van der Waals surface area contributed by atoms with Gasteiger partial charge in [0.2, 0.25) is 0 Å². The maximum Gasteiger partial charge on any atom is 0.417 e. The molecule has 0 aromatic carbocycles. The highest BCUT2D eigenvalue weighted by atomic mass is 19.4. The maximum absolute atomic E-state index is 12.5. The third-order valence-corrected chi connectivity index (χ3v) is 1.76. The number of amides is 1.